The fraction of sp³-hybridized carbons (Fsp3) is 0.474. The number of benzene rings is 2. The van der Waals surface area contributed by atoms with Crippen LogP contribution in [0.15, 0.2) is 53.5 Å². The fourth-order valence-electron chi connectivity index (χ4n) is 5.20. The number of rotatable bonds is 15. The molecule has 0 spiro atoms. The van der Waals surface area contributed by atoms with E-state index in [1.54, 1.807) is 69.1 Å². The van der Waals surface area contributed by atoms with Crippen molar-refractivity contribution in [1.29, 1.82) is 0 Å². The molecule has 1 aliphatic rings. The maximum Gasteiger partial charge on any atom is 0.471 e. The molecule has 1 saturated heterocycles. The molecule has 18 heteroatoms. The maximum absolute atomic E-state index is 13.6. The summed E-state index contributed by atoms with van der Waals surface area (Å²) < 4.78 is 75.2. The maximum atomic E-state index is 13.6. The fourth-order valence-corrected chi connectivity index (χ4v) is 7.06. The molecule has 1 aliphatic heterocycles. The number of nitrogens with zero attached hydrogens (tertiary/aromatic N) is 2. The van der Waals surface area contributed by atoms with E-state index in [1.165, 1.54) is 22.5 Å². The summed E-state index contributed by atoms with van der Waals surface area (Å²) in [5.41, 5.74) is 0.286. The molecule has 1 aromatic heterocycles. The highest BCUT2D eigenvalue weighted by Gasteiger charge is 2.42. The highest BCUT2D eigenvalue weighted by molar-refractivity contribution is 7.98. The zero-order chi connectivity index (χ0) is 41.3. The third kappa shape index (κ3) is 11.5. The van der Waals surface area contributed by atoms with Crippen LogP contribution in [0.2, 0.25) is 18.1 Å². The van der Waals surface area contributed by atoms with Gasteiger partial charge in [0.15, 0.2) is 14.1 Å². The number of methoxy groups -OCH3 is 3. The van der Waals surface area contributed by atoms with E-state index in [1.807, 2.05) is 0 Å². The van der Waals surface area contributed by atoms with Gasteiger partial charge < -0.3 is 38.7 Å². The van der Waals surface area contributed by atoms with Crippen LogP contribution in [0.1, 0.15) is 54.9 Å². The molecular formula is C38H47F3N4O9SSi. The first-order valence-corrected chi connectivity index (χ1v) is 21.6. The van der Waals surface area contributed by atoms with Gasteiger partial charge in [-0.25, -0.2) is 4.79 Å². The van der Waals surface area contributed by atoms with Gasteiger partial charge >= 0.3 is 17.8 Å². The van der Waals surface area contributed by atoms with Crippen molar-refractivity contribution in [2.24, 2.45) is 0 Å². The number of carbonyl (C=O) groups is 2. The lowest BCUT2D eigenvalue weighted by Crippen LogP contribution is -2.44. The topological polar surface area (TPSA) is 148 Å². The van der Waals surface area contributed by atoms with E-state index in [4.69, 9.17) is 28.1 Å². The van der Waals surface area contributed by atoms with Gasteiger partial charge in [0.05, 0.1) is 52.1 Å². The van der Waals surface area contributed by atoms with Crippen LogP contribution in [-0.4, -0.2) is 88.5 Å². The number of anilines is 1. The van der Waals surface area contributed by atoms with E-state index in [-0.39, 0.29) is 40.9 Å². The van der Waals surface area contributed by atoms with Crippen LogP contribution in [0.3, 0.4) is 0 Å². The summed E-state index contributed by atoms with van der Waals surface area (Å²) in [6.45, 7) is 10.1. The second kappa shape index (κ2) is 19.1. The molecule has 304 valence electrons. The average molecular weight is 821 g/mol. The Morgan fingerprint density at radius 3 is 2.30 bits per heavy atom. The predicted octanol–water partition coefficient (Wildman–Crippen LogP) is 6.14. The molecule has 4 rings (SSSR count). The number of halogens is 3. The standard InChI is InChI=1S/C38H47F3N4O9SSi/c1-37(2,3)56(7,8)53-21-31-30(52-23-55-22-27-28(50-5)17-26(49-4)18-29(27)51-6)19-32(54-31)45-20-25(15-12-16-42-35(47)38(39,40)41)33(44-36(45)48)43-34(46)24-13-10-9-11-14-24/h9-11,13-14,17-18,20,30-32H,16,19,21-23H2,1-8H3,(H,42,47)(H,43,44,46,48)/t30-,31-,32-/m1/s1. The molecule has 2 heterocycles. The van der Waals surface area contributed by atoms with Gasteiger partial charge in [-0.15, -0.1) is 11.8 Å². The first kappa shape index (κ1) is 44.2. The lowest BCUT2D eigenvalue weighted by Gasteiger charge is -2.37. The summed E-state index contributed by atoms with van der Waals surface area (Å²) in [7, 11) is 2.43. The van der Waals surface area contributed by atoms with Crippen LogP contribution in [0.4, 0.5) is 19.0 Å². The number of hydrogen-bond acceptors (Lipinski definition) is 11. The summed E-state index contributed by atoms with van der Waals surface area (Å²) in [6.07, 6.45) is -5.63. The summed E-state index contributed by atoms with van der Waals surface area (Å²) in [5, 5.41) is 4.13. The number of alkyl halides is 3. The minimum absolute atomic E-state index is 0.00452. The van der Waals surface area contributed by atoms with Crippen molar-refractivity contribution in [3.8, 4) is 29.1 Å². The number of aromatic nitrogens is 2. The molecule has 0 bridgehead atoms. The van der Waals surface area contributed by atoms with Crippen molar-refractivity contribution >= 4 is 37.7 Å². The van der Waals surface area contributed by atoms with Gasteiger partial charge in [-0.3, -0.25) is 14.2 Å². The predicted molar refractivity (Wildman–Crippen MR) is 208 cm³/mol. The van der Waals surface area contributed by atoms with Crippen LogP contribution >= 0.6 is 11.8 Å². The number of hydrogen-bond donors (Lipinski definition) is 2. The van der Waals surface area contributed by atoms with E-state index in [0.29, 0.717) is 23.0 Å². The minimum Gasteiger partial charge on any atom is -0.496 e. The summed E-state index contributed by atoms with van der Waals surface area (Å²) in [6, 6.07) is 11.7. The highest BCUT2D eigenvalue weighted by atomic mass is 32.2. The lowest BCUT2D eigenvalue weighted by molar-refractivity contribution is -0.173. The van der Waals surface area contributed by atoms with E-state index in [0.717, 1.165) is 5.56 Å². The second-order valence-corrected chi connectivity index (χ2v) is 19.9. The minimum atomic E-state index is -5.09. The van der Waals surface area contributed by atoms with Gasteiger partial charge in [-0.05, 0) is 30.3 Å². The lowest BCUT2D eigenvalue weighted by atomic mass is 10.2. The monoisotopic (exact) mass is 820 g/mol. The first-order valence-electron chi connectivity index (χ1n) is 17.5. The normalized spacial score (nSPS) is 17.1. The molecule has 2 aromatic carbocycles. The van der Waals surface area contributed by atoms with Crippen LogP contribution in [-0.2, 0) is 24.4 Å². The quantitative estimate of drug-likeness (QED) is 0.0789. The van der Waals surface area contributed by atoms with E-state index in [2.05, 4.69) is 56.0 Å². The van der Waals surface area contributed by atoms with Gasteiger partial charge in [0.1, 0.15) is 29.6 Å². The van der Waals surface area contributed by atoms with Crippen molar-refractivity contribution in [1.82, 2.24) is 14.9 Å². The molecule has 1 fully saturated rings. The molecule has 3 atom stereocenters. The van der Waals surface area contributed by atoms with E-state index >= 15 is 0 Å². The van der Waals surface area contributed by atoms with E-state index < -0.39 is 57.0 Å². The Balaban J connectivity index is 1.60. The Bertz CT molecular complexity index is 1940. The second-order valence-electron chi connectivity index (χ2n) is 14.1. The van der Waals surface area contributed by atoms with Crippen molar-refractivity contribution in [2.45, 2.75) is 75.7 Å². The van der Waals surface area contributed by atoms with Crippen LogP contribution in [0.5, 0.6) is 17.2 Å². The Morgan fingerprint density at radius 1 is 1.05 bits per heavy atom. The summed E-state index contributed by atoms with van der Waals surface area (Å²) in [5.74, 6) is 4.56. The molecule has 0 saturated carbocycles. The third-order valence-corrected chi connectivity index (χ3v) is 14.7. The van der Waals surface area contributed by atoms with Gasteiger partial charge in [0.25, 0.3) is 5.91 Å². The number of amides is 2. The number of ether oxygens (including phenoxy) is 5. The smallest absolute Gasteiger partial charge is 0.471 e. The summed E-state index contributed by atoms with van der Waals surface area (Å²) in [4.78, 5) is 42.0. The van der Waals surface area contributed by atoms with Crippen LogP contribution in [0, 0.1) is 11.8 Å². The van der Waals surface area contributed by atoms with E-state index in [9.17, 15) is 27.6 Å². The van der Waals surface area contributed by atoms with Crippen molar-refractivity contribution in [2.75, 3.05) is 45.7 Å². The molecule has 0 unspecified atom stereocenters. The molecule has 2 amide bonds. The van der Waals surface area contributed by atoms with Gasteiger partial charge in [0, 0.05) is 41.6 Å². The number of carbonyl (C=O) groups excluding carboxylic acids is 2. The van der Waals surface area contributed by atoms with Crippen molar-refractivity contribution < 1.29 is 50.9 Å². The Morgan fingerprint density at radius 2 is 1.71 bits per heavy atom. The molecular weight excluding hydrogens is 774 g/mol. The van der Waals surface area contributed by atoms with Gasteiger partial charge in [0.2, 0.25) is 0 Å². The molecule has 2 N–H and O–H groups in total. The number of nitrogens with one attached hydrogen (secondary N) is 2. The molecule has 0 radical (unpaired) electrons. The molecule has 13 nitrogen and oxygen atoms in total. The molecule has 56 heavy (non-hydrogen) atoms. The van der Waals surface area contributed by atoms with Crippen LogP contribution < -0.4 is 30.5 Å². The van der Waals surface area contributed by atoms with Crippen molar-refractivity contribution in [3.63, 3.8) is 0 Å². The average Bonchev–Trinajstić information content (AvgIpc) is 3.56. The Labute approximate surface area is 329 Å². The van der Waals surface area contributed by atoms with Crippen LogP contribution in [0.25, 0.3) is 0 Å². The summed E-state index contributed by atoms with van der Waals surface area (Å²) >= 11 is 1.47. The van der Waals surface area contributed by atoms with Gasteiger partial charge in [-0.2, -0.15) is 18.2 Å². The SMILES string of the molecule is COc1cc(OC)c(CSCO[C@@H]2C[C@H](n3cc(C#CCNC(=O)C(F)(F)F)c(NC(=O)c4ccccc4)nc3=O)O[C@@H]2CO[Si](C)(C)C(C)(C)C)c(OC)c1. The largest absolute Gasteiger partial charge is 0.496 e. The zero-order valence-corrected chi connectivity index (χ0v) is 34.3. The number of thioether (sulfide) groups is 1. The highest BCUT2D eigenvalue weighted by Crippen LogP contribution is 2.39. The third-order valence-electron chi connectivity index (χ3n) is 9.37. The van der Waals surface area contributed by atoms with Crippen molar-refractivity contribution in [3.05, 3.63) is 75.8 Å². The molecule has 3 aromatic rings. The Hall–Kier alpha value is -4.54. The zero-order valence-electron chi connectivity index (χ0n) is 32.5. The molecule has 0 aliphatic carbocycles. The first-order chi connectivity index (χ1) is 26.4. The van der Waals surface area contributed by atoms with Gasteiger partial charge in [-0.1, -0.05) is 50.8 Å². The Kier molecular flexibility index (Phi) is 15.0.